The number of rotatable bonds is 5. The van der Waals surface area contributed by atoms with Crippen molar-refractivity contribution in [3.05, 3.63) is 46.5 Å². The lowest BCUT2D eigenvalue weighted by atomic mass is 10.1. The Kier molecular flexibility index (Phi) is 4.69. The number of thiazole rings is 1. The van der Waals surface area contributed by atoms with Crippen molar-refractivity contribution >= 4 is 22.4 Å². The minimum atomic E-state index is -0.175. The van der Waals surface area contributed by atoms with Crippen LogP contribution >= 0.6 is 11.3 Å². The van der Waals surface area contributed by atoms with E-state index in [0.29, 0.717) is 24.1 Å². The van der Waals surface area contributed by atoms with Crippen molar-refractivity contribution in [2.45, 2.75) is 6.42 Å². The van der Waals surface area contributed by atoms with Gasteiger partial charge in [0.2, 0.25) is 0 Å². The molecular formula is C14H14N4OS. The first kappa shape index (κ1) is 14.0. The van der Waals surface area contributed by atoms with E-state index in [-0.39, 0.29) is 5.91 Å². The number of carbonyl (C=O) groups excluding carboxylic acids is 1. The molecule has 20 heavy (non-hydrogen) atoms. The summed E-state index contributed by atoms with van der Waals surface area (Å²) in [6.45, 7) is 0.516. The molecule has 2 rings (SSSR count). The normalized spacial score (nSPS) is 9.80. The zero-order valence-electron chi connectivity index (χ0n) is 11.0. The highest BCUT2D eigenvalue weighted by Gasteiger charge is 2.06. The molecule has 0 aliphatic heterocycles. The van der Waals surface area contributed by atoms with Crippen LogP contribution in [0.3, 0.4) is 0 Å². The van der Waals surface area contributed by atoms with E-state index in [1.54, 1.807) is 24.3 Å². The summed E-state index contributed by atoms with van der Waals surface area (Å²) >= 11 is 1.54. The molecule has 0 radical (unpaired) electrons. The first-order valence-electron chi connectivity index (χ1n) is 6.13. The standard InChI is InChI=1S/C14H14N4OS/c1-16-14-18-12(9-20-14)5-6-17-13(19)11-4-2-3-10(7-11)8-15/h2-4,7,9H,5-6H2,1H3,(H,16,18)(H,17,19). The molecule has 1 aromatic heterocycles. The molecule has 0 spiro atoms. The van der Waals surface area contributed by atoms with Crippen molar-refractivity contribution in [2.24, 2.45) is 0 Å². The van der Waals surface area contributed by atoms with Crippen LogP contribution in [0, 0.1) is 11.3 Å². The lowest BCUT2D eigenvalue weighted by Crippen LogP contribution is -2.25. The first-order chi connectivity index (χ1) is 9.72. The summed E-state index contributed by atoms with van der Waals surface area (Å²) in [6.07, 6.45) is 0.682. The van der Waals surface area contributed by atoms with Crippen LogP contribution in [-0.2, 0) is 6.42 Å². The third-order valence-electron chi connectivity index (χ3n) is 2.69. The van der Waals surface area contributed by atoms with Crippen LogP contribution in [0.4, 0.5) is 5.13 Å². The van der Waals surface area contributed by atoms with Gasteiger partial charge in [0.25, 0.3) is 5.91 Å². The molecule has 2 aromatic rings. The molecule has 0 saturated carbocycles. The average molecular weight is 286 g/mol. The lowest BCUT2D eigenvalue weighted by Gasteiger charge is -2.04. The summed E-state index contributed by atoms with van der Waals surface area (Å²) in [7, 11) is 1.83. The summed E-state index contributed by atoms with van der Waals surface area (Å²) in [5.74, 6) is -0.175. The fraction of sp³-hybridized carbons (Fsp3) is 0.214. The predicted molar refractivity (Wildman–Crippen MR) is 78.9 cm³/mol. The topological polar surface area (TPSA) is 77.8 Å². The van der Waals surface area contributed by atoms with Crippen molar-refractivity contribution < 1.29 is 4.79 Å². The summed E-state index contributed by atoms with van der Waals surface area (Å²) < 4.78 is 0. The van der Waals surface area contributed by atoms with Crippen molar-refractivity contribution in [1.82, 2.24) is 10.3 Å². The van der Waals surface area contributed by atoms with Crippen LogP contribution in [0.25, 0.3) is 0 Å². The number of amides is 1. The quantitative estimate of drug-likeness (QED) is 0.881. The van der Waals surface area contributed by atoms with E-state index in [0.717, 1.165) is 10.8 Å². The minimum absolute atomic E-state index is 0.175. The Morgan fingerprint density at radius 1 is 1.50 bits per heavy atom. The minimum Gasteiger partial charge on any atom is -0.365 e. The fourth-order valence-corrected chi connectivity index (χ4v) is 2.38. The van der Waals surface area contributed by atoms with Gasteiger partial charge in [0.05, 0.1) is 17.3 Å². The summed E-state index contributed by atoms with van der Waals surface area (Å²) in [6, 6.07) is 8.66. The predicted octanol–water partition coefficient (Wildman–Crippen LogP) is 2.03. The number of hydrogen-bond acceptors (Lipinski definition) is 5. The molecule has 0 saturated heterocycles. The van der Waals surface area contributed by atoms with Gasteiger partial charge in [0, 0.05) is 31.0 Å². The zero-order valence-corrected chi connectivity index (χ0v) is 11.8. The maximum absolute atomic E-state index is 11.9. The molecule has 102 valence electrons. The van der Waals surface area contributed by atoms with Crippen molar-refractivity contribution in [3.8, 4) is 6.07 Å². The smallest absolute Gasteiger partial charge is 0.251 e. The largest absolute Gasteiger partial charge is 0.365 e. The fourth-order valence-electron chi connectivity index (χ4n) is 1.67. The van der Waals surface area contributed by atoms with Crippen LogP contribution in [0.5, 0.6) is 0 Å². The van der Waals surface area contributed by atoms with Crippen LogP contribution in [0.1, 0.15) is 21.6 Å². The SMILES string of the molecule is CNc1nc(CCNC(=O)c2cccc(C#N)c2)cs1. The van der Waals surface area contributed by atoms with E-state index < -0.39 is 0 Å². The number of carbonyl (C=O) groups is 1. The van der Waals surface area contributed by atoms with E-state index in [2.05, 4.69) is 15.6 Å². The van der Waals surface area contributed by atoms with Gasteiger partial charge in [-0.05, 0) is 18.2 Å². The first-order valence-corrected chi connectivity index (χ1v) is 7.01. The van der Waals surface area contributed by atoms with E-state index in [4.69, 9.17) is 5.26 Å². The van der Waals surface area contributed by atoms with Crippen molar-refractivity contribution in [3.63, 3.8) is 0 Å². The van der Waals surface area contributed by atoms with Gasteiger partial charge in [-0.25, -0.2) is 4.98 Å². The van der Waals surface area contributed by atoms with E-state index >= 15 is 0 Å². The molecule has 0 aliphatic carbocycles. The van der Waals surface area contributed by atoms with Crippen LogP contribution in [-0.4, -0.2) is 24.5 Å². The third kappa shape index (κ3) is 3.56. The molecule has 0 bridgehead atoms. The van der Waals surface area contributed by atoms with E-state index in [1.165, 1.54) is 11.3 Å². The monoisotopic (exact) mass is 286 g/mol. The Hall–Kier alpha value is -2.39. The molecule has 1 aromatic carbocycles. The van der Waals surface area contributed by atoms with Crippen molar-refractivity contribution in [2.75, 3.05) is 18.9 Å². The van der Waals surface area contributed by atoms with Gasteiger partial charge in [0.1, 0.15) is 0 Å². The zero-order chi connectivity index (χ0) is 14.4. The number of aromatic nitrogens is 1. The molecule has 1 heterocycles. The molecular weight excluding hydrogens is 272 g/mol. The van der Waals surface area contributed by atoms with E-state index in [9.17, 15) is 4.79 Å². The van der Waals surface area contributed by atoms with Gasteiger partial charge < -0.3 is 10.6 Å². The molecule has 2 N–H and O–H groups in total. The van der Waals surface area contributed by atoms with Gasteiger partial charge in [-0.15, -0.1) is 11.3 Å². The van der Waals surface area contributed by atoms with Gasteiger partial charge in [-0.2, -0.15) is 5.26 Å². The Morgan fingerprint density at radius 3 is 3.05 bits per heavy atom. The van der Waals surface area contributed by atoms with Crippen molar-refractivity contribution in [1.29, 1.82) is 5.26 Å². The number of anilines is 1. The third-order valence-corrected chi connectivity index (χ3v) is 3.59. The molecule has 6 heteroatoms. The van der Waals surface area contributed by atoms with Gasteiger partial charge in [-0.3, -0.25) is 4.79 Å². The van der Waals surface area contributed by atoms with Crippen LogP contribution in [0.2, 0.25) is 0 Å². The maximum atomic E-state index is 11.9. The van der Waals surface area contributed by atoms with Gasteiger partial charge in [0.15, 0.2) is 5.13 Å². The number of nitriles is 1. The number of nitrogens with one attached hydrogen (secondary N) is 2. The summed E-state index contributed by atoms with van der Waals surface area (Å²) in [4.78, 5) is 16.3. The molecule has 5 nitrogen and oxygen atoms in total. The molecule has 0 atom stereocenters. The molecule has 0 aliphatic rings. The van der Waals surface area contributed by atoms with Crippen LogP contribution in [0.15, 0.2) is 29.6 Å². The Balaban J connectivity index is 1.87. The highest BCUT2D eigenvalue weighted by Crippen LogP contribution is 2.14. The summed E-state index contributed by atoms with van der Waals surface area (Å²) in [5, 5.41) is 17.4. The Bertz CT molecular complexity index is 645. The lowest BCUT2D eigenvalue weighted by molar-refractivity contribution is 0.0954. The second-order valence-electron chi connectivity index (χ2n) is 4.09. The molecule has 0 fully saturated rings. The maximum Gasteiger partial charge on any atom is 0.251 e. The van der Waals surface area contributed by atoms with Gasteiger partial charge in [-0.1, -0.05) is 6.07 Å². The van der Waals surface area contributed by atoms with Gasteiger partial charge >= 0.3 is 0 Å². The average Bonchev–Trinajstić information content (AvgIpc) is 2.95. The second-order valence-corrected chi connectivity index (χ2v) is 4.95. The number of hydrogen-bond donors (Lipinski definition) is 2. The Labute approximate surface area is 121 Å². The number of benzene rings is 1. The number of nitrogens with zero attached hydrogens (tertiary/aromatic N) is 2. The van der Waals surface area contributed by atoms with Crippen LogP contribution < -0.4 is 10.6 Å². The molecule has 0 unspecified atom stereocenters. The summed E-state index contributed by atoms with van der Waals surface area (Å²) in [5.41, 5.74) is 1.93. The van der Waals surface area contributed by atoms with E-state index in [1.807, 2.05) is 18.5 Å². The second kappa shape index (κ2) is 6.68. The highest BCUT2D eigenvalue weighted by molar-refractivity contribution is 7.13. The molecule has 1 amide bonds. The highest BCUT2D eigenvalue weighted by atomic mass is 32.1. The Morgan fingerprint density at radius 2 is 2.35 bits per heavy atom.